The molecular formula is C16H23N5O. The highest BCUT2D eigenvalue weighted by Crippen LogP contribution is 2.02. The van der Waals surface area contributed by atoms with E-state index < -0.39 is 0 Å². The molecule has 22 heavy (non-hydrogen) atoms. The van der Waals surface area contributed by atoms with Crippen LogP contribution in [0.2, 0.25) is 0 Å². The topological polar surface area (TPSA) is 54.3 Å². The summed E-state index contributed by atoms with van der Waals surface area (Å²) in [5.41, 5.74) is 1.16. The molecule has 2 heterocycles. The van der Waals surface area contributed by atoms with E-state index in [0.29, 0.717) is 19.6 Å². The molecule has 2 aromatic heterocycles. The second-order valence-electron chi connectivity index (χ2n) is 5.27. The van der Waals surface area contributed by atoms with Crippen LogP contribution in [0.15, 0.2) is 43.0 Å². The zero-order valence-electron chi connectivity index (χ0n) is 13.2. The van der Waals surface area contributed by atoms with E-state index in [0.717, 1.165) is 18.7 Å². The molecule has 0 fully saturated rings. The molecule has 0 saturated heterocycles. The van der Waals surface area contributed by atoms with Gasteiger partial charge < -0.3 is 4.90 Å². The van der Waals surface area contributed by atoms with Crippen molar-refractivity contribution in [2.45, 2.75) is 20.0 Å². The molecule has 0 radical (unpaired) electrons. The molecule has 0 N–H and O–H groups in total. The lowest BCUT2D eigenvalue weighted by Crippen LogP contribution is -2.40. The quantitative estimate of drug-likeness (QED) is 0.736. The van der Waals surface area contributed by atoms with Gasteiger partial charge in [-0.1, -0.05) is 0 Å². The maximum Gasteiger partial charge on any atom is 0.236 e. The molecule has 0 aromatic carbocycles. The number of carbonyl (C=O) groups is 1. The summed E-state index contributed by atoms with van der Waals surface area (Å²) in [5.74, 6) is 0.145. The molecule has 0 aliphatic carbocycles. The highest BCUT2D eigenvalue weighted by molar-refractivity contribution is 5.78. The van der Waals surface area contributed by atoms with Crippen molar-refractivity contribution in [2.75, 3.05) is 26.7 Å². The van der Waals surface area contributed by atoms with Gasteiger partial charge in [-0.3, -0.25) is 19.4 Å². The summed E-state index contributed by atoms with van der Waals surface area (Å²) in [6.45, 7) is 5.27. The van der Waals surface area contributed by atoms with E-state index >= 15 is 0 Å². The van der Waals surface area contributed by atoms with E-state index in [1.807, 2.05) is 52.8 Å². The van der Waals surface area contributed by atoms with Crippen molar-refractivity contribution in [3.05, 3.63) is 48.5 Å². The molecule has 0 unspecified atom stereocenters. The smallest absolute Gasteiger partial charge is 0.236 e. The number of likely N-dealkylation sites (N-methyl/N-ethyl adjacent to an activating group) is 2. The van der Waals surface area contributed by atoms with E-state index in [2.05, 4.69) is 10.1 Å². The largest absolute Gasteiger partial charge is 0.340 e. The Balaban J connectivity index is 1.80. The lowest BCUT2D eigenvalue weighted by atomic mass is 10.2. The Morgan fingerprint density at radius 2 is 2.05 bits per heavy atom. The fourth-order valence-electron chi connectivity index (χ4n) is 2.30. The molecule has 0 aliphatic heterocycles. The fraction of sp³-hybridized carbons (Fsp3) is 0.438. The van der Waals surface area contributed by atoms with Crippen LogP contribution in [0.4, 0.5) is 0 Å². The van der Waals surface area contributed by atoms with Crippen molar-refractivity contribution < 1.29 is 4.79 Å². The minimum absolute atomic E-state index is 0.145. The predicted molar refractivity (Wildman–Crippen MR) is 85.1 cm³/mol. The first-order chi connectivity index (χ1) is 10.7. The Hall–Kier alpha value is -2.21. The molecule has 0 aliphatic rings. The van der Waals surface area contributed by atoms with Crippen LogP contribution in [0.3, 0.4) is 0 Å². The van der Waals surface area contributed by atoms with E-state index in [-0.39, 0.29) is 5.91 Å². The number of amides is 1. The Bertz CT molecular complexity index is 555. The molecule has 118 valence electrons. The monoisotopic (exact) mass is 301 g/mol. The van der Waals surface area contributed by atoms with Crippen LogP contribution in [0.5, 0.6) is 0 Å². The van der Waals surface area contributed by atoms with Gasteiger partial charge in [-0.15, -0.1) is 0 Å². The van der Waals surface area contributed by atoms with Crippen LogP contribution in [-0.4, -0.2) is 57.2 Å². The van der Waals surface area contributed by atoms with E-state index in [4.69, 9.17) is 0 Å². The molecule has 0 saturated carbocycles. The number of rotatable bonds is 8. The van der Waals surface area contributed by atoms with Gasteiger partial charge in [0.1, 0.15) is 0 Å². The predicted octanol–water partition coefficient (Wildman–Crippen LogP) is 1.26. The van der Waals surface area contributed by atoms with Gasteiger partial charge in [-0.05, 0) is 37.7 Å². The number of aromatic nitrogens is 3. The van der Waals surface area contributed by atoms with Crippen molar-refractivity contribution >= 4 is 5.91 Å². The third-order valence-corrected chi connectivity index (χ3v) is 3.50. The Labute approximate surface area is 131 Å². The summed E-state index contributed by atoms with van der Waals surface area (Å²) in [4.78, 5) is 20.3. The van der Waals surface area contributed by atoms with Crippen molar-refractivity contribution in [1.82, 2.24) is 24.6 Å². The summed E-state index contributed by atoms with van der Waals surface area (Å²) < 4.78 is 1.84. The second-order valence-corrected chi connectivity index (χ2v) is 5.27. The molecule has 0 bridgehead atoms. The van der Waals surface area contributed by atoms with Gasteiger partial charge in [0.05, 0.1) is 13.1 Å². The maximum atomic E-state index is 12.4. The minimum atomic E-state index is 0.145. The van der Waals surface area contributed by atoms with E-state index in [1.165, 1.54) is 0 Å². The molecular weight excluding hydrogens is 278 g/mol. The third-order valence-electron chi connectivity index (χ3n) is 3.50. The van der Waals surface area contributed by atoms with Crippen molar-refractivity contribution in [1.29, 1.82) is 0 Å². The molecule has 2 aromatic rings. The molecule has 2 rings (SSSR count). The van der Waals surface area contributed by atoms with Crippen LogP contribution in [0.25, 0.3) is 0 Å². The van der Waals surface area contributed by atoms with Gasteiger partial charge in [0.15, 0.2) is 0 Å². The summed E-state index contributed by atoms with van der Waals surface area (Å²) in [6, 6.07) is 5.83. The van der Waals surface area contributed by atoms with Crippen LogP contribution in [0, 0.1) is 0 Å². The highest BCUT2D eigenvalue weighted by atomic mass is 16.2. The number of carbonyl (C=O) groups excluding carboxylic acids is 1. The standard InChI is InChI=1S/C16H23N5O/c1-3-20(11-12-21-10-4-7-18-21)16(22)14-19(2)13-15-5-8-17-9-6-15/h4-10H,3,11-14H2,1-2H3. The molecule has 6 nitrogen and oxygen atoms in total. The van der Waals surface area contributed by atoms with Gasteiger partial charge in [0.25, 0.3) is 0 Å². The first-order valence-corrected chi connectivity index (χ1v) is 7.51. The Morgan fingerprint density at radius 1 is 1.27 bits per heavy atom. The molecule has 1 amide bonds. The van der Waals surface area contributed by atoms with Crippen LogP contribution in [-0.2, 0) is 17.9 Å². The van der Waals surface area contributed by atoms with Gasteiger partial charge in [-0.2, -0.15) is 5.10 Å². The lowest BCUT2D eigenvalue weighted by Gasteiger charge is -2.24. The fourth-order valence-corrected chi connectivity index (χ4v) is 2.30. The average Bonchev–Trinajstić information content (AvgIpc) is 3.02. The summed E-state index contributed by atoms with van der Waals surface area (Å²) >= 11 is 0. The van der Waals surface area contributed by atoms with Gasteiger partial charge in [-0.25, -0.2) is 0 Å². The van der Waals surface area contributed by atoms with Crippen molar-refractivity contribution in [3.8, 4) is 0 Å². The Kier molecular flexibility index (Phi) is 6.09. The van der Waals surface area contributed by atoms with Crippen LogP contribution in [0.1, 0.15) is 12.5 Å². The van der Waals surface area contributed by atoms with Gasteiger partial charge in [0.2, 0.25) is 5.91 Å². The maximum absolute atomic E-state index is 12.4. The van der Waals surface area contributed by atoms with Crippen LogP contribution < -0.4 is 0 Å². The number of hydrogen-bond acceptors (Lipinski definition) is 4. The van der Waals surface area contributed by atoms with E-state index in [1.54, 1.807) is 18.6 Å². The van der Waals surface area contributed by atoms with E-state index in [9.17, 15) is 4.79 Å². The minimum Gasteiger partial charge on any atom is -0.340 e. The lowest BCUT2D eigenvalue weighted by molar-refractivity contribution is -0.132. The number of pyridine rings is 1. The summed E-state index contributed by atoms with van der Waals surface area (Å²) in [7, 11) is 1.96. The first-order valence-electron chi connectivity index (χ1n) is 7.51. The molecule has 0 atom stereocenters. The summed E-state index contributed by atoms with van der Waals surface area (Å²) in [6.07, 6.45) is 7.20. The van der Waals surface area contributed by atoms with Gasteiger partial charge >= 0.3 is 0 Å². The highest BCUT2D eigenvalue weighted by Gasteiger charge is 2.14. The second kappa shape index (κ2) is 8.29. The first kappa shape index (κ1) is 16.2. The average molecular weight is 301 g/mol. The SMILES string of the molecule is CCN(CCn1cccn1)C(=O)CN(C)Cc1ccncc1. The zero-order valence-corrected chi connectivity index (χ0v) is 13.2. The zero-order chi connectivity index (χ0) is 15.8. The van der Waals surface area contributed by atoms with Crippen LogP contribution >= 0.6 is 0 Å². The normalized spacial score (nSPS) is 10.9. The number of hydrogen-bond donors (Lipinski definition) is 0. The molecule has 6 heteroatoms. The van der Waals surface area contributed by atoms with Crippen molar-refractivity contribution in [3.63, 3.8) is 0 Å². The summed E-state index contributed by atoms with van der Waals surface area (Å²) in [5, 5.41) is 4.16. The van der Waals surface area contributed by atoms with Gasteiger partial charge in [0, 0.05) is 44.4 Å². The Morgan fingerprint density at radius 3 is 2.68 bits per heavy atom. The van der Waals surface area contributed by atoms with Crippen molar-refractivity contribution in [2.24, 2.45) is 0 Å². The third kappa shape index (κ3) is 4.96. The molecule has 0 spiro atoms. The number of nitrogens with zero attached hydrogens (tertiary/aromatic N) is 5.